The number of fused-ring (bicyclic) bond motifs is 4. The Morgan fingerprint density at radius 1 is 0.303 bits per heavy atom. The van der Waals surface area contributed by atoms with Gasteiger partial charge in [0.25, 0.3) is 23.6 Å². The SMILES string of the molecule is [2H]C([2H])(Nc1cccc2c1CN(C1([2H])C(=O)NC(=O)C([2H])([2H])C1([2H])[2H])C2=O)c1ccccc1CN1CCOCC1.[2H]C([2H])(Nc1cccc2c1CN(C1([2H])CCC(=O)NC1=O)C2=O)c1ccccc1CN1CCOCC1.[2H]C([2H])(Nc1cccc2c1CN(C1C(=O)NC(=O)C([2H])([2H])C1([2H])[2H])C2=O)c1ccccc1CN1CCOCC1.[2H]C([2H])(Nc1cccc2c1CN(C1CCC(=O)NC1=O)C2=O)c1ccccc1CN1CCOCC1. The molecule has 12 aliphatic heterocycles. The maximum absolute atomic E-state index is 13.4. The van der Waals surface area contributed by atoms with Crippen molar-refractivity contribution >= 4 is 93.6 Å². The van der Waals surface area contributed by atoms with E-state index in [1.807, 2.05) is 59.9 Å². The molecule has 32 heteroatoms. The molecular formula is C100H112N16O16. The van der Waals surface area contributed by atoms with Crippen LogP contribution in [0.3, 0.4) is 0 Å². The molecule has 32 nitrogen and oxygen atoms in total. The summed E-state index contributed by atoms with van der Waals surface area (Å²) in [5.41, 5.74) is 9.18. The first-order chi connectivity index (χ1) is 71.1. The fourth-order valence-electron chi connectivity index (χ4n) is 17.4. The second-order valence-electron chi connectivity index (χ2n) is 32.8. The summed E-state index contributed by atoms with van der Waals surface area (Å²) >= 11 is 0. The number of piperidine rings is 4. The second-order valence-corrected chi connectivity index (χ2v) is 32.8. The highest BCUT2D eigenvalue weighted by Gasteiger charge is 2.45. The van der Waals surface area contributed by atoms with E-state index < -0.39 is 141 Å². The van der Waals surface area contributed by atoms with Crippen LogP contribution in [0.5, 0.6) is 0 Å². The van der Waals surface area contributed by atoms with E-state index in [1.165, 1.54) is 29.2 Å². The molecule has 0 spiro atoms. The highest BCUT2D eigenvalue weighted by Crippen LogP contribution is 2.39. The molecule has 688 valence electrons. The highest BCUT2D eigenvalue weighted by atomic mass is 16.5. The average molecular weight is 1810 g/mol. The lowest BCUT2D eigenvalue weighted by atomic mass is 10.0. The van der Waals surface area contributed by atoms with Crippen molar-refractivity contribution in [1.82, 2.24) is 60.5 Å². The Kier molecular flexibility index (Phi) is 22.8. The van der Waals surface area contributed by atoms with Crippen molar-refractivity contribution < 1.29 is 101 Å². The third-order valence-electron chi connectivity index (χ3n) is 24.5. The summed E-state index contributed by atoms with van der Waals surface area (Å²) in [5.74, 6) is -9.96. The summed E-state index contributed by atoms with van der Waals surface area (Å²) < 4.78 is 175. The first-order valence-electron chi connectivity index (χ1n) is 52.9. The van der Waals surface area contributed by atoms with Crippen LogP contribution in [0.2, 0.25) is 0 Å². The molecular weight excluding hydrogens is 1680 g/mol. The molecule has 8 N–H and O–H groups in total. The van der Waals surface area contributed by atoms with Gasteiger partial charge in [0.05, 0.1) is 66.6 Å². The lowest BCUT2D eigenvalue weighted by Gasteiger charge is -2.29. The molecule has 0 radical (unpaired) electrons. The van der Waals surface area contributed by atoms with E-state index in [-0.39, 0.29) is 85.2 Å². The maximum atomic E-state index is 13.4. The Bertz CT molecular complexity index is 6650. The quantitative estimate of drug-likeness (QED) is 0.0270. The van der Waals surface area contributed by atoms with Crippen LogP contribution in [0, 0.1) is 0 Å². The fraction of sp³-hybridized carbons (Fsp3) is 0.400. The molecule has 20 rings (SSSR count). The lowest BCUT2D eigenvalue weighted by molar-refractivity contribution is -0.138. The van der Waals surface area contributed by atoms with Crippen molar-refractivity contribution in [2.24, 2.45) is 0 Å². The van der Waals surface area contributed by atoms with E-state index in [2.05, 4.69) is 51.5 Å². The number of hydrogen-bond donors (Lipinski definition) is 8. The minimum absolute atomic E-state index is 0.00934. The zero-order chi connectivity index (χ0) is 107. The molecule has 12 aliphatic rings. The Labute approximate surface area is 791 Å². The zero-order valence-electron chi connectivity index (χ0n) is 90.2. The van der Waals surface area contributed by atoms with Crippen LogP contribution in [0.15, 0.2) is 170 Å². The largest absolute Gasteiger partial charge is 0.381 e. The van der Waals surface area contributed by atoms with E-state index in [9.17, 15) is 57.5 Å². The van der Waals surface area contributed by atoms with Crippen LogP contribution in [-0.2, 0) is 136 Å². The topological polar surface area (TPSA) is 364 Å². The molecule has 4 atom stereocenters. The van der Waals surface area contributed by atoms with Gasteiger partial charge < -0.3 is 59.8 Å². The van der Waals surface area contributed by atoms with Crippen LogP contribution in [0.1, 0.15) is 184 Å². The van der Waals surface area contributed by atoms with Gasteiger partial charge in [0.1, 0.15) is 24.1 Å². The number of imide groups is 4. The van der Waals surface area contributed by atoms with Crippen molar-refractivity contribution in [2.45, 2.75) is 154 Å². The van der Waals surface area contributed by atoms with Crippen LogP contribution < -0.4 is 42.5 Å². The summed E-state index contributed by atoms with van der Waals surface area (Å²) in [4.78, 5) is 163. The number of hydrogen-bond acceptors (Lipinski definition) is 24. The molecule has 132 heavy (non-hydrogen) atoms. The van der Waals surface area contributed by atoms with Gasteiger partial charge in [-0.1, -0.05) is 121 Å². The Balaban J connectivity index is 0.000000136. The predicted molar refractivity (Wildman–Crippen MR) is 489 cm³/mol. The van der Waals surface area contributed by atoms with Gasteiger partial charge in [-0.2, -0.15) is 0 Å². The van der Waals surface area contributed by atoms with Gasteiger partial charge in [0.15, 0.2) is 0 Å². The molecule has 8 fully saturated rings. The van der Waals surface area contributed by atoms with Crippen LogP contribution in [-0.4, -0.2) is 239 Å². The molecule has 4 unspecified atom stereocenters. The summed E-state index contributed by atoms with van der Waals surface area (Å²) in [7, 11) is 0. The van der Waals surface area contributed by atoms with Crippen molar-refractivity contribution in [3.05, 3.63) is 259 Å². The molecule has 12 heterocycles. The summed E-state index contributed by atoms with van der Waals surface area (Å²) in [5, 5.41) is 19.8. The lowest BCUT2D eigenvalue weighted by Crippen LogP contribution is -2.52. The third kappa shape index (κ3) is 21.5. The number of benzene rings is 8. The normalized spacial score (nSPS) is 26.2. The van der Waals surface area contributed by atoms with Gasteiger partial charge in [-0.05, 0) is 119 Å². The molecule has 0 aromatic heterocycles. The number of morpholine rings is 4. The fourth-order valence-corrected chi connectivity index (χ4v) is 17.4. The Morgan fingerprint density at radius 3 is 0.924 bits per heavy atom. The van der Waals surface area contributed by atoms with Crippen LogP contribution >= 0.6 is 0 Å². The monoisotopic (exact) mass is 1810 g/mol. The number of nitrogens with zero attached hydrogens (tertiary/aromatic N) is 8. The minimum atomic E-state index is -3.39. The van der Waals surface area contributed by atoms with Gasteiger partial charge in [0.2, 0.25) is 47.3 Å². The van der Waals surface area contributed by atoms with Crippen molar-refractivity contribution in [3.8, 4) is 0 Å². The number of amides is 12. The van der Waals surface area contributed by atoms with Gasteiger partial charge in [-0.3, -0.25) is 98.4 Å². The summed E-state index contributed by atoms with van der Waals surface area (Å²) in [6.45, 7) is 4.72. The summed E-state index contributed by atoms with van der Waals surface area (Å²) in [6.07, 6.45) is -12.4. The zero-order valence-corrected chi connectivity index (χ0v) is 72.2. The molecule has 0 aliphatic carbocycles. The molecule has 8 aromatic carbocycles. The first kappa shape index (κ1) is 70.9. The van der Waals surface area contributed by atoms with Crippen molar-refractivity contribution in [2.75, 3.05) is 126 Å². The first-order valence-corrected chi connectivity index (χ1v) is 43.9. The number of ether oxygens (including phenoxy) is 4. The van der Waals surface area contributed by atoms with Crippen molar-refractivity contribution in [1.29, 1.82) is 0 Å². The second kappa shape index (κ2) is 42.5. The van der Waals surface area contributed by atoms with Crippen LogP contribution in [0.25, 0.3) is 0 Å². The standard InChI is InChI=1S/4C25H28N4O4/c4*30-23-9-8-22(24(31)27-23)29-16-20-19(25(29)32)6-3-7-21(20)26-14-17-4-1-2-5-18(17)15-28-10-12-33-13-11-28/h4*1-7,22,26H,8-16H2,(H,27,30,31)/i8D2,9D2,14D2,22D;8D2,9D2,14D2;14D2,22D;14D2. The van der Waals surface area contributed by atoms with E-state index in [4.69, 9.17) is 43.6 Å². The van der Waals surface area contributed by atoms with E-state index in [0.717, 1.165) is 71.3 Å². The number of anilines is 4. The average Bonchev–Trinajstić information content (AvgIpc) is 1.22. The van der Waals surface area contributed by atoms with Gasteiger partial charge >= 0.3 is 0 Å². The van der Waals surface area contributed by atoms with Gasteiger partial charge in [0, 0.05) is 235 Å². The van der Waals surface area contributed by atoms with E-state index in [0.29, 0.717) is 158 Å². The molecule has 0 saturated carbocycles. The number of nitrogens with one attached hydrogen (secondary N) is 8. The Morgan fingerprint density at radius 2 is 0.576 bits per heavy atom. The van der Waals surface area contributed by atoms with E-state index in [1.54, 1.807) is 96.3 Å². The minimum Gasteiger partial charge on any atom is -0.381 e. The number of carbonyl (C=O) groups excluding carboxylic acids is 12. The Hall–Kier alpha value is -12.9. The van der Waals surface area contributed by atoms with E-state index >= 15 is 0 Å². The molecule has 0 bridgehead atoms. The molecule has 12 amide bonds. The highest BCUT2D eigenvalue weighted by molar-refractivity contribution is 6.09. The van der Waals surface area contributed by atoms with Crippen molar-refractivity contribution in [3.63, 3.8) is 0 Å². The predicted octanol–water partition coefficient (Wildman–Crippen LogP) is 7.57. The third-order valence-corrected chi connectivity index (χ3v) is 24.5. The number of carbonyl (C=O) groups is 12. The maximum Gasteiger partial charge on any atom is 0.255 e. The molecule has 8 aromatic rings. The number of rotatable bonds is 24. The molecule has 8 saturated heterocycles. The summed E-state index contributed by atoms with van der Waals surface area (Å²) in [6, 6.07) is 40.6. The van der Waals surface area contributed by atoms with Crippen LogP contribution in [0.4, 0.5) is 22.7 Å². The van der Waals surface area contributed by atoms with Gasteiger partial charge in [-0.15, -0.1) is 0 Å². The van der Waals surface area contributed by atoms with Gasteiger partial charge in [-0.25, -0.2) is 0 Å². The smallest absolute Gasteiger partial charge is 0.255 e.